The Bertz CT molecular complexity index is 1250. The van der Waals surface area contributed by atoms with Gasteiger partial charge in [0.05, 0.1) is 21.3 Å². The van der Waals surface area contributed by atoms with Crippen molar-refractivity contribution in [3.05, 3.63) is 48.0 Å². The molecule has 0 bridgehead atoms. The number of methoxy groups -OCH3 is 3. The van der Waals surface area contributed by atoms with E-state index in [2.05, 4.69) is 22.4 Å². The molecule has 0 aliphatic rings. The Labute approximate surface area is 240 Å². The number of nitrogens with one attached hydrogen (secondary N) is 1. The Morgan fingerprint density at radius 2 is 1.77 bits per heavy atom. The summed E-state index contributed by atoms with van der Waals surface area (Å²) in [5, 5.41) is 12.3. The molecule has 40 heavy (non-hydrogen) atoms. The summed E-state index contributed by atoms with van der Waals surface area (Å²) in [5.41, 5.74) is 1.89. The molecule has 10 heteroatoms. The van der Waals surface area contributed by atoms with Crippen molar-refractivity contribution in [2.45, 2.75) is 52.4 Å². The summed E-state index contributed by atoms with van der Waals surface area (Å²) >= 11 is 1.29. The van der Waals surface area contributed by atoms with Gasteiger partial charge in [-0.3, -0.25) is 9.59 Å². The number of carbonyl (C=O) groups is 2. The van der Waals surface area contributed by atoms with Crippen molar-refractivity contribution in [1.82, 2.24) is 15.1 Å². The zero-order chi connectivity index (χ0) is 28.9. The Hall–Kier alpha value is -3.66. The first-order valence-electron chi connectivity index (χ1n) is 13.7. The molecule has 0 radical (unpaired) electrons. The van der Waals surface area contributed by atoms with Gasteiger partial charge in [0.25, 0.3) is 0 Å². The molecule has 2 amide bonds. The molecule has 1 aromatic heterocycles. The van der Waals surface area contributed by atoms with E-state index in [9.17, 15) is 9.59 Å². The van der Waals surface area contributed by atoms with Crippen molar-refractivity contribution in [3.8, 4) is 27.8 Å². The fourth-order valence-corrected chi connectivity index (χ4v) is 5.16. The lowest BCUT2D eigenvalue weighted by Crippen LogP contribution is -2.39. The number of aromatic nitrogens is 2. The molecule has 0 aliphatic carbocycles. The molecule has 0 spiro atoms. The van der Waals surface area contributed by atoms with Crippen LogP contribution >= 0.6 is 11.3 Å². The standard InChI is InChI=1S/C30H40N4O5S/c1-6-8-10-22(7-2)29(36)34(17-15-21-13-14-25(38-4)26(19-21)39-5)18-16-27(35)31-30-33-32-28(40-30)23-11-9-12-24(20-23)37-3/h9,11-14,19-20,22H,6-8,10,15-18H2,1-5H3,(H,31,33,35)/t22-/m1/s1. The van der Waals surface area contributed by atoms with E-state index in [-0.39, 0.29) is 24.2 Å². The van der Waals surface area contributed by atoms with Crippen LogP contribution in [0.3, 0.4) is 0 Å². The van der Waals surface area contributed by atoms with Crippen LogP contribution in [0.4, 0.5) is 5.13 Å². The van der Waals surface area contributed by atoms with Gasteiger partial charge in [0, 0.05) is 31.0 Å². The maximum Gasteiger partial charge on any atom is 0.227 e. The predicted molar refractivity (Wildman–Crippen MR) is 158 cm³/mol. The number of benzene rings is 2. The summed E-state index contributed by atoms with van der Waals surface area (Å²) in [5.74, 6) is 1.87. The first kappa shape index (κ1) is 30.9. The third kappa shape index (κ3) is 8.67. The molecule has 1 heterocycles. The second kappa shape index (κ2) is 15.8. The molecule has 0 fully saturated rings. The van der Waals surface area contributed by atoms with E-state index < -0.39 is 0 Å². The molecule has 216 valence electrons. The molecule has 3 rings (SSSR count). The zero-order valence-electron chi connectivity index (χ0n) is 24.1. The minimum atomic E-state index is -0.209. The van der Waals surface area contributed by atoms with Crippen molar-refractivity contribution < 1.29 is 23.8 Å². The van der Waals surface area contributed by atoms with Gasteiger partial charge < -0.3 is 24.4 Å². The quantitative estimate of drug-likeness (QED) is 0.231. The molecule has 9 nitrogen and oxygen atoms in total. The number of hydrogen-bond acceptors (Lipinski definition) is 8. The average Bonchev–Trinajstić information content (AvgIpc) is 3.45. The highest BCUT2D eigenvalue weighted by molar-refractivity contribution is 7.18. The van der Waals surface area contributed by atoms with E-state index in [0.717, 1.165) is 42.6 Å². The van der Waals surface area contributed by atoms with E-state index in [0.29, 0.717) is 41.1 Å². The van der Waals surface area contributed by atoms with Gasteiger partial charge >= 0.3 is 0 Å². The van der Waals surface area contributed by atoms with Gasteiger partial charge in [0.15, 0.2) is 11.5 Å². The lowest BCUT2D eigenvalue weighted by Gasteiger charge is -2.27. The van der Waals surface area contributed by atoms with Crippen LogP contribution in [0.2, 0.25) is 0 Å². The minimum absolute atomic E-state index is 0.0537. The zero-order valence-corrected chi connectivity index (χ0v) is 24.9. The molecule has 0 saturated heterocycles. The van der Waals surface area contributed by atoms with Gasteiger partial charge in [-0.2, -0.15) is 0 Å². The Morgan fingerprint density at radius 3 is 2.48 bits per heavy atom. The number of hydrogen-bond donors (Lipinski definition) is 1. The van der Waals surface area contributed by atoms with Crippen LogP contribution in [0.25, 0.3) is 10.6 Å². The second-order valence-electron chi connectivity index (χ2n) is 9.45. The van der Waals surface area contributed by atoms with E-state index >= 15 is 0 Å². The minimum Gasteiger partial charge on any atom is -0.497 e. The molecule has 0 unspecified atom stereocenters. The third-order valence-corrected chi connectivity index (χ3v) is 7.66. The highest BCUT2D eigenvalue weighted by atomic mass is 32.1. The smallest absolute Gasteiger partial charge is 0.227 e. The molecule has 0 aliphatic heterocycles. The fourth-order valence-electron chi connectivity index (χ4n) is 4.41. The number of carbonyl (C=O) groups excluding carboxylic acids is 2. The maximum absolute atomic E-state index is 13.5. The summed E-state index contributed by atoms with van der Waals surface area (Å²) in [6, 6.07) is 13.3. The van der Waals surface area contributed by atoms with Gasteiger partial charge in [-0.25, -0.2) is 0 Å². The molecule has 0 saturated carbocycles. The average molecular weight is 569 g/mol. The monoisotopic (exact) mass is 568 g/mol. The topological polar surface area (TPSA) is 103 Å². The van der Waals surface area contributed by atoms with Gasteiger partial charge in [-0.05, 0) is 49.1 Å². The highest BCUT2D eigenvalue weighted by Gasteiger charge is 2.23. The number of nitrogens with zero attached hydrogens (tertiary/aromatic N) is 3. The number of unbranched alkanes of at least 4 members (excludes halogenated alkanes) is 1. The van der Waals surface area contributed by atoms with Crippen LogP contribution in [-0.2, 0) is 16.0 Å². The Morgan fingerprint density at radius 1 is 0.975 bits per heavy atom. The van der Waals surface area contributed by atoms with Crippen LogP contribution in [0.15, 0.2) is 42.5 Å². The van der Waals surface area contributed by atoms with Crippen LogP contribution in [0.5, 0.6) is 17.2 Å². The number of ether oxygens (including phenoxy) is 3. The molecule has 3 aromatic rings. The summed E-state index contributed by atoms with van der Waals surface area (Å²) in [7, 11) is 4.82. The van der Waals surface area contributed by atoms with Gasteiger partial charge in [-0.1, -0.05) is 56.2 Å². The van der Waals surface area contributed by atoms with Crippen LogP contribution < -0.4 is 19.5 Å². The summed E-state index contributed by atoms with van der Waals surface area (Å²) in [4.78, 5) is 28.2. The largest absolute Gasteiger partial charge is 0.497 e. The molecular weight excluding hydrogens is 528 g/mol. The van der Waals surface area contributed by atoms with Crippen LogP contribution in [-0.4, -0.2) is 61.3 Å². The van der Waals surface area contributed by atoms with Gasteiger partial charge in [-0.15, -0.1) is 10.2 Å². The van der Waals surface area contributed by atoms with Crippen LogP contribution in [0, 0.1) is 5.92 Å². The molecule has 1 atom stereocenters. The Kier molecular flexibility index (Phi) is 12.2. The van der Waals surface area contributed by atoms with Crippen molar-refractivity contribution in [2.75, 3.05) is 39.7 Å². The Balaban J connectivity index is 1.66. The fraction of sp³-hybridized carbons (Fsp3) is 0.467. The van der Waals surface area contributed by atoms with Gasteiger partial charge in [0.2, 0.25) is 16.9 Å². The molecular formula is C30H40N4O5S. The first-order valence-corrected chi connectivity index (χ1v) is 14.5. The lowest BCUT2D eigenvalue weighted by atomic mass is 9.97. The van der Waals surface area contributed by atoms with Crippen LogP contribution in [0.1, 0.15) is 51.5 Å². The number of anilines is 1. The SMILES string of the molecule is CCCC[C@@H](CC)C(=O)N(CCC(=O)Nc1nnc(-c2cccc(OC)c2)s1)CCc1ccc(OC)c(OC)c1. The van der Waals surface area contributed by atoms with E-state index in [1.54, 1.807) is 21.3 Å². The maximum atomic E-state index is 13.5. The van der Waals surface area contributed by atoms with E-state index in [1.165, 1.54) is 11.3 Å². The summed E-state index contributed by atoms with van der Waals surface area (Å²) in [6.45, 7) is 5.00. The number of amides is 2. The predicted octanol–water partition coefficient (Wildman–Crippen LogP) is 5.85. The number of rotatable bonds is 16. The molecule has 2 aromatic carbocycles. The molecule has 1 N–H and O–H groups in total. The normalized spacial score (nSPS) is 11.5. The van der Waals surface area contributed by atoms with E-state index in [4.69, 9.17) is 14.2 Å². The highest BCUT2D eigenvalue weighted by Crippen LogP contribution is 2.29. The third-order valence-electron chi connectivity index (χ3n) is 6.78. The van der Waals surface area contributed by atoms with E-state index in [1.807, 2.05) is 54.3 Å². The van der Waals surface area contributed by atoms with Crippen molar-refractivity contribution in [2.24, 2.45) is 5.92 Å². The first-order chi connectivity index (χ1) is 19.4. The van der Waals surface area contributed by atoms with Crippen molar-refractivity contribution in [3.63, 3.8) is 0 Å². The van der Waals surface area contributed by atoms with Crippen molar-refractivity contribution >= 4 is 28.3 Å². The summed E-state index contributed by atoms with van der Waals surface area (Å²) in [6.07, 6.45) is 4.46. The van der Waals surface area contributed by atoms with Crippen molar-refractivity contribution in [1.29, 1.82) is 0 Å². The lowest BCUT2D eigenvalue weighted by molar-refractivity contribution is -0.136. The second-order valence-corrected chi connectivity index (χ2v) is 10.4. The summed E-state index contributed by atoms with van der Waals surface area (Å²) < 4.78 is 16.1. The van der Waals surface area contributed by atoms with Gasteiger partial charge in [0.1, 0.15) is 10.8 Å².